The van der Waals surface area contributed by atoms with Gasteiger partial charge in [0.2, 0.25) is 6.29 Å². The summed E-state index contributed by atoms with van der Waals surface area (Å²) in [5, 5.41) is 38.8. The summed E-state index contributed by atoms with van der Waals surface area (Å²) in [6.07, 6.45) is -8.86. The third-order valence-corrected chi connectivity index (χ3v) is 4.83. The Morgan fingerprint density at radius 2 is 1.76 bits per heavy atom. The number of rotatable bonds is 6. The average Bonchev–Trinajstić information content (AvgIpc) is 2.68. The Morgan fingerprint density at radius 3 is 2.34 bits per heavy atom. The molecule has 1 heterocycles. The number of amides is 1. The summed E-state index contributed by atoms with van der Waals surface area (Å²) >= 11 is 0. The molecule has 0 aromatic heterocycles. The zero-order valence-corrected chi connectivity index (χ0v) is 16.7. The van der Waals surface area contributed by atoms with Crippen LogP contribution in [0.2, 0.25) is 0 Å². The second-order valence-electron chi connectivity index (χ2n) is 6.97. The summed E-state index contributed by atoms with van der Waals surface area (Å²) in [6, 6.07) is 3.37. The lowest BCUT2D eigenvalue weighted by Gasteiger charge is -2.38. The molecule has 0 spiro atoms. The monoisotopic (exact) mass is 413 g/mol. The Hall–Kier alpha value is -2.40. The average molecular weight is 413 g/mol. The van der Waals surface area contributed by atoms with Gasteiger partial charge >= 0.3 is 12.1 Å². The number of nitrogens with zero attached hydrogens (tertiary/aromatic N) is 1. The van der Waals surface area contributed by atoms with Gasteiger partial charge in [-0.3, -0.25) is 0 Å². The summed E-state index contributed by atoms with van der Waals surface area (Å²) in [7, 11) is 1.63. The number of aryl methyl sites for hydroxylation is 2. The molecule has 162 valence electrons. The van der Waals surface area contributed by atoms with E-state index in [-0.39, 0.29) is 6.61 Å². The quantitative estimate of drug-likeness (QED) is 0.512. The second-order valence-corrected chi connectivity index (χ2v) is 6.97. The van der Waals surface area contributed by atoms with Gasteiger partial charge in [-0.15, -0.1) is 0 Å². The van der Waals surface area contributed by atoms with Crippen LogP contribution >= 0.6 is 0 Å². The molecule has 10 nitrogen and oxygen atoms in total. The summed E-state index contributed by atoms with van der Waals surface area (Å²) in [5.41, 5.74) is 2.10. The van der Waals surface area contributed by atoms with Crippen molar-refractivity contribution in [1.82, 2.24) is 4.90 Å². The van der Waals surface area contributed by atoms with Crippen molar-refractivity contribution < 1.29 is 44.2 Å². The number of hydrogen-bond acceptors (Lipinski definition) is 8. The van der Waals surface area contributed by atoms with Gasteiger partial charge in [-0.2, -0.15) is 0 Å². The lowest BCUT2D eigenvalue weighted by Crippen LogP contribution is -2.61. The fourth-order valence-electron chi connectivity index (χ4n) is 2.79. The van der Waals surface area contributed by atoms with E-state index >= 15 is 0 Å². The highest BCUT2D eigenvalue weighted by molar-refractivity contribution is 5.73. The predicted octanol–water partition coefficient (Wildman–Crippen LogP) is 0.163. The number of carboxylic acid groups (broad SMARTS) is 1. The van der Waals surface area contributed by atoms with Crippen molar-refractivity contribution >= 4 is 12.1 Å². The fourth-order valence-corrected chi connectivity index (χ4v) is 2.79. The molecule has 1 saturated heterocycles. The van der Waals surface area contributed by atoms with Crippen LogP contribution in [0.1, 0.15) is 23.6 Å². The van der Waals surface area contributed by atoms with E-state index < -0.39 is 42.8 Å². The van der Waals surface area contributed by atoms with E-state index in [1.165, 1.54) is 4.90 Å². The van der Waals surface area contributed by atoms with Crippen LogP contribution in [0.4, 0.5) is 4.79 Å². The van der Waals surface area contributed by atoms with Gasteiger partial charge in [0.25, 0.3) is 0 Å². The molecule has 1 amide bonds. The minimum atomic E-state index is -1.79. The summed E-state index contributed by atoms with van der Waals surface area (Å²) in [5.74, 6) is -1.20. The molecule has 1 aromatic rings. The lowest BCUT2D eigenvalue weighted by molar-refractivity contribution is -0.271. The maximum Gasteiger partial charge on any atom is 0.409 e. The van der Waals surface area contributed by atoms with Crippen molar-refractivity contribution in [2.75, 3.05) is 13.6 Å². The molecule has 1 aliphatic heterocycles. The van der Waals surface area contributed by atoms with Crippen molar-refractivity contribution in [3.8, 4) is 5.75 Å². The molecule has 0 bridgehead atoms. The Bertz CT molecular complexity index is 753. The van der Waals surface area contributed by atoms with Crippen LogP contribution in [0.15, 0.2) is 12.1 Å². The zero-order chi connectivity index (χ0) is 21.9. The van der Waals surface area contributed by atoms with Crippen LogP contribution in [-0.2, 0) is 20.9 Å². The molecule has 0 radical (unpaired) electrons. The normalized spacial score (nSPS) is 26.7. The smallest absolute Gasteiger partial charge is 0.409 e. The highest BCUT2D eigenvalue weighted by atomic mass is 16.7. The number of hydrogen-bond donors (Lipinski definition) is 4. The molecule has 5 atom stereocenters. The molecule has 1 fully saturated rings. The van der Waals surface area contributed by atoms with E-state index in [0.29, 0.717) is 17.9 Å². The van der Waals surface area contributed by atoms with Gasteiger partial charge in [-0.25, -0.2) is 9.59 Å². The van der Waals surface area contributed by atoms with Crippen molar-refractivity contribution in [3.05, 3.63) is 28.8 Å². The van der Waals surface area contributed by atoms with Crippen LogP contribution in [0, 0.1) is 13.8 Å². The first-order valence-electron chi connectivity index (χ1n) is 9.13. The van der Waals surface area contributed by atoms with E-state index in [2.05, 4.69) is 0 Å². The first-order chi connectivity index (χ1) is 13.6. The van der Waals surface area contributed by atoms with E-state index in [1.54, 1.807) is 33.0 Å². The highest BCUT2D eigenvalue weighted by Crippen LogP contribution is 2.29. The number of carboxylic acids is 1. The Labute approximate surface area is 168 Å². The minimum absolute atomic E-state index is 0.0602. The largest absolute Gasteiger partial charge is 0.479 e. The standard InChI is InChI=1S/C19H27NO9/c1-5-20(4)19(26)27-8-11-6-10(3)12(7-9(11)2)28-18-15(23)13(21)14(22)16(29-18)17(24)25/h6-7,13-16,18,21-23H,5,8H2,1-4H3,(H,24,25). The Balaban J connectivity index is 2.14. The molecule has 1 aromatic carbocycles. The van der Waals surface area contributed by atoms with Crippen LogP contribution in [0.5, 0.6) is 5.75 Å². The molecular formula is C19H27NO9. The zero-order valence-electron chi connectivity index (χ0n) is 16.7. The first-order valence-corrected chi connectivity index (χ1v) is 9.13. The first kappa shape index (κ1) is 22.9. The molecular weight excluding hydrogens is 386 g/mol. The fraction of sp³-hybridized carbons (Fsp3) is 0.579. The number of aliphatic carboxylic acids is 1. The number of carbonyl (C=O) groups excluding carboxylic acids is 1. The van der Waals surface area contributed by atoms with Crippen molar-refractivity contribution in [1.29, 1.82) is 0 Å². The molecule has 0 saturated carbocycles. The van der Waals surface area contributed by atoms with E-state index in [4.69, 9.17) is 19.3 Å². The maximum absolute atomic E-state index is 11.8. The predicted molar refractivity (Wildman–Crippen MR) is 99.4 cm³/mol. The maximum atomic E-state index is 11.8. The molecule has 5 unspecified atom stereocenters. The topological polar surface area (TPSA) is 146 Å². The van der Waals surface area contributed by atoms with Crippen molar-refractivity contribution in [2.45, 2.75) is 58.1 Å². The molecule has 2 rings (SSSR count). The van der Waals surface area contributed by atoms with E-state index in [0.717, 1.165) is 11.1 Å². The van der Waals surface area contributed by atoms with Crippen LogP contribution in [0.3, 0.4) is 0 Å². The van der Waals surface area contributed by atoms with Crippen molar-refractivity contribution in [3.63, 3.8) is 0 Å². The third-order valence-electron chi connectivity index (χ3n) is 4.83. The summed E-state index contributed by atoms with van der Waals surface area (Å²) < 4.78 is 16.0. The Morgan fingerprint density at radius 1 is 1.10 bits per heavy atom. The van der Waals surface area contributed by atoms with Crippen molar-refractivity contribution in [2.24, 2.45) is 0 Å². The highest BCUT2D eigenvalue weighted by Gasteiger charge is 2.48. The van der Waals surface area contributed by atoms with E-state index in [1.807, 2.05) is 6.92 Å². The molecule has 29 heavy (non-hydrogen) atoms. The van der Waals surface area contributed by atoms with Crippen LogP contribution in [-0.4, -0.2) is 81.7 Å². The number of benzene rings is 1. The molecule has 4 N–H and O–H groups in total. The SMILES string of the molecule is CCN(C)C(=O)OCc1cc(C)c(OC2OC(C(=O)O)C(O)C(O)C2O)cc1C. The van der Waals surface area contributed by atoms with Gasteiger partial charge in [-0.1, -0.05) is 0 Å². The van der Waals surface area contributed by atoms with Gasteiger partial charge in [-0.05, 0) is 49.6 Å². The third kappa shape index (κ3) is 5.15. The summed E-state index contributed by atoms with van der Waals surface area (Å²) in [6.45, 7) is 5.90. The molecule has 0 aliphatic carbocycles. The number of aliphatic hydroxyl groups is 3. The Kier molecular flexibility index (Phi) is 7.42. The van der Waals surface area contributed by atoms with Crippen LogP contribution in [0.25, 0.3) is 0 Å². The lowest BCUT2D eigenvalue weighted by atomic mass is 9.99. The minimum Gasteiger partial charge on any atom is -0.479 e. The van der Waals surface area contributed by atoms with Gasteiger partial charge < -0.3 is 39.5 Å². The second kappa shape index (κ2) is 9.40. The number of ether oxygens (including phenoxy) is 3. The van der Waals surface area contributed by atoms with Gasteiger partial charge in [0.05, 0.1) is 0 Å². The van der Waals surface area contributed by atoms with Gasteiger partial charge in [0.1, 0.15) is 30.7 Å². The molecule has 10 heteroatoms. The van der Waals surface area contributed by atoms with E-state index in [9.17, 15) is 24.9 Å². The molecule has 1 aliphatic rings. The number of aliphatic hydroxyl groups excluding tert-OH is 3. The van der Waals surface area contributed by atoms with Crippen LogP contribution < -0.4 is 4.74 Å². The number of carbonyl (C=O) groups is 2. The van der Waals surface area contributed by atoms with Gasteiger partial charge in [0, 0.05) is 13.6 Å². The summed E-state index contributed by atoms with van der Waals surface area (Å²) in [4.78, 5) is 24.4. The van der Waals surface area contributed by atoms with Gasteiger partial charge in [0.15, 0.2) is 6.10 Å².